The van der Waals surface area contributed by atoms with Crippen LogP contribution in [0.2, 0.25) is 0 Å². The highest BCUT2D eigenvalue weighted by Gasteiger charge is 2.28. The number of likely N-dealkylation sites (N-methyl/N-ethyl adjacent to an activating group) is 1. The predicted molar refractivity (Wildman–Crippen MR) is 83.1 cm³/mol. The summed E-state index contributed by atoms with van der Waals surface area (Å²) in [4.78, 5) is 25.2. The second kappa shape index (κ2) is 6.54. The highest BCUT2D eigenvalue weighted by atomic mass is 79.9. The van der Waals surface area contributed by atoms with Crippen LogP contribution in [-0.2, 0) is 4.79 Å². The lowest BCUT2D eigenvalue weighted by atomic mass is 10.0. The number of hydrogen-bond donors (Lipinski definition) is 1. The lowest BCUT2D eigenvalue weighted by molar-refractivity contribution is -0.142. The van der Waals surface area contributed by atoms with Gasteiger partial charge in [-0.3, -0.25) is 4.79 Å². The van der Waals surface area contributed by atoms with Gasteiger partial charge in [0.05, 0.1) is 0 Å². The Labute approximate surface area is 131 Å². The first-order chi connectivity index (χ1) is 10.0. The van der Waals surface area contributed by atoms with Crippen molar-refractivity contribution < 1.29 is 14.7 Å². The van der Waals surface area contributed by atoms with E-state index in [0.717, 1.165) is 4.47 Å². The maximum atomic E-state index is 12.4. The van der Waals surface area contributed by atoms with Gasteiger partial charge in [0.1, 0.15) is 0 Å². The zero-order chi connectivity index (χ0) is 15.4. The number of amides is 1. The fraction of sp³-hybridized carbons (Fsp3) is 0.125. The number of carbonyl (C=O) groups excluding carboxylic acids is 1. The standard InChI is InChI=1S/C16H14BrNO3/c1-18(15(19)12-7-9-13(17)10-8-12)14(16(20)21)11-5-3-2-4-6-11/h2-10,14H,1H3,(H,20,21). The minimum Gasteiger partial charge on any atom is -0.479 e. The van der Waals surface area contributed by atoms with Gasteiger partial charge >= 0.3 is 5.97 Å². The van der Waals surface area contributed by atoms with Gasteiger partial charge in [0.2, 0.25) is 0 Å². The van der Waals surface area contributed by atoms with E-state index >= 15 is 0 Å². The fourth-order valence-corrected chi connectivity index (χ4v) is 2.34. The van der Waals surface area contributed by atoms with Crippen LogP contribution in [0.1, 0.15) is 22.0 Å². The molecule has 0 saturated heterocycles. The summed E-state index contributed by atoms with van der Waals surface area (Å²) < 4.78 is 0.861. The fourth-order valence-electron chi connectivity index (χ4n) is 2.08. The molecule has 0 spiro atoms. The molecule has 108 valence electrons. The van der Waals surface area contributed by atoms with Crippen molar-refractivity contribution in [1.82, 2.24) is 4.90 Å². The van der Waals surface area contributed by atoms with Crippen molar-refractivity contribution >= 4 is 27.8 Å². The molecular formula is C16H14BrNO3. The van der Waals surface area contributed by atoms with E-state index < -0.39 is 12.0 Å². The van der Waals surface area contributed by atoms with E-state index in [1.165, 1.54) is 11.9 Å². The molecule has 1 amide bonds. The number of nitrogens with zero attached hydrogens (tertiary/aromatic N) is 1. The third kappa shape index (κ3) is 3.49. The number of benzene rings is 2. The second-order valence-electron chi connectivity index (χ2n) is 4.57. The first kappa shape index (κ1) is 15.3. The molecule has 1 N–H and O–H groups in total. The van der Waals surface area contributed by atoms with Crippen molar-refractivity contribution in [2.75, 3.05) is 7.05 Å². The van der Waals surface area contributed by atoms with Gasteiger partial charge in [-0.05, 0) is 29.8 Å². The highest BCUT2D eigenvalue weighted by Crippen LogP contribution is 2.22. The molecule has 0 saturated carbocycles. The Balaban J connectivity index is 2.31. The molecule has 0 fully saturated rings. The van der Waals surface area contributed by atoms with Gasteiger partial charge in [0, 0.05) is 17.1 Å². The third-order valence-corrected chi connectivity index (χ3v) is 3.68. The Morgan fingerprint density at radius 3 is 2.14 bits per heavy atom. The smallest absolute Gasteiger partial charge is 0.331 e. The van der Waals surface area contributed by atoms with Gasteiger partial charge in [-0.15, -0.1) is 0 Å². The quantitative estimate of drug-likeness (QED) is 0.922. The van der Waals surface area contributed by atoms with Crippen LogP contribution in [-0.4, -0.2) is 28.9 Å². The average molecular weight is 348 g/mol. The normalized spacial score (nSPS) is 11.7. The molecule has 1 atom stereocenters. The number of aliphatic carboxylic acids is 1. The summed E-state index contributed by atoms with van der Waals surface area (Å²) in [6, 6.07) is 14.5. The molecule has 2 rings (SSSR count). The lowest BCUT2D eigenvalue weighted by Gasteiger charge is -2.25. The van der Waals surface area contributed by atoms with Crippen molar-refractivity contribution in [2.45, 2.75) is 6.04 Å². The molecule has 0 aromatic heterocycles. The summed E-state index contributed by atoms with van der Waals surface area (Å²) >= 11 is 3.30. The molecule has 2 aromatic carbocycles. The molecule has 0 aliphatic carbocycles. The predicted octanol–water partition coefficient (Wildman–Crippen LogP) is 3.35. The van der Waals surface area contributed by atoms with Crippen LogP contribution in [0.25, 0.3) is 0 Å². The van der Waals surface area contributed by atoms with Crippen molar-refractivity contribution in [1.29, 1.82) is 0 Å². The maximum Gasteiger partial charge on any atom is 0.331 e. The zero-order valence-corrected chi connectivity index (χ0v) is 12.9. The Kier molecular flexibility index (Phi) is 4.75. The molecule has 0 heterocycles. The largest absolute Gasteiger partial charge is 0.479 e. The van der Waals surface area contributed by atoms with E-state index in [-0.39, 0.29) is 5.91 Å². The highest BCUT2D eigenvalue weighted by molar-refractivity contribution is 9.10. The van der Waals surface area contributed by atoms with Crippen molar-refractivity contribution in [2.24, 2.45) is 0 Å². The lowest BCUT2D eigenvalue weighted by Crippen LogP contribution is -2.35. The topological polar surface area (TPSA) is 57.6 Å². The Bertz CT molecular complexity index is 640. The summed E-state index contributed by atoms with van der Waals surface area (Å²) in [6.07, 6.45) is 0. The van der Waals surface area contributed by atoms with Gasteiger partial charge in [-0.1, -0.05) is 46.3 Å². The van der Waals surface area contributed by atoms with Crippen molar-refractivity contribution in [3.63, 3.8) is 0 Å². The van der Waals surface area contributed by atoms with Gasteiger partial charge in [0.15, 0.2) is 6.04 Å². The summed E-state index contributed by atoms with van der Waals surface area (Å²) in [5.74, 6) is -1.40. The number of rotatable bonds is 4. The van der Waals surface area contributed by atoms with Crippen LogP contribution in [0.5, 0.6) is 0 Å². The average Bonchev–Trinajstić information content (AvgIpc) is 2.48. The number of halogens is 1. The monoisotopic (exact) mass is 347 g/mol. The molecule has 5 heteroatoms. The van der Waals surface area contributed by atoms with Crippen LogP contribution >= 0.6 is 15.9 Å². The van der Waals surface area contributed by atoms with Crippen LogP contribution in [0, 0.1) is 0 Å². The Morgan fingerprint density at radius 1 is 1.05 bits per heavy atom. The van der Waals surface area contributed by atoms with Crippen LogP contribution in [0.3, 0.4) is 0 Å². The van der Waals surface area contributed by atoms with Gasteiger partial charge in [0.25, 0.3) is 5.91 Å². The number of carboxylic acids is 1. The maximum absolute atomic E-state index is 12.4. The molecule has 2 aromatic rings. The number of carboxylic acid groups (broad SMARTS) is 1. The van der Waals surface area contributed by atoms with Gasteiger partial charge < -0.3 is 10.0 Å². The second-order valence-corrected chi connectivity index (χ2v) is 5.49. The van der Waals surface area contributed by atoms with E-state index in [1.807, 2.05) is 0 Å². The molecule has 0 aliphatic heterocycles. The molecule has 0 aliphatic rings. The summed E-state index contributed by atoms with van der Waals surface area (Å²) in [6.45, 7) is 0. The molecule has 0 bridgehead atoms. The number of carbonyl (C=O) groups is 2. The van der Waals surface area contributed by atoms with E-state index in [0.29, 0.717) is 11.1 Å². The first-order valence-electron chi connectivity index (χ1n) is 6.31. The van der Waals surface area contributed by atoms with E-state index in [4.69, 9.17) is 0 Å². The van der Waals surface area contributed by atoms with Gasteiger partial charge in [-0.2, -0.15) is 0 Å². The molecule has 1 unspecified atom stereocenters. The van der Waals surface area contributed by atoms with Gasteiger partial charge in [-0.25, -0.2) is 4.79 Å². The zero-order valence-electron chi connectivity index (χ0n) is 11.4. The van der Waals surface area contributed by atoms with Crippen LogP contribution in [0.4, 0.5) is 0 Å². The van der Waals surface area contributed by atoms with E-state index in [2.05, 4.69) is 15.9 Å². The molecular weight excluding hydrogens is 334 g/mol. The van der Waals surface area contributed by atoms with Crippen molar-refractivity contribution in [3.8, 4) is 0 Å². The number of hydrogen-bond acceptors (Lipinski definition) is 2. The Hall–Kier alpha value is -2.14. The minimum atomic E-state index is -1.06. The molecule has 4 nitrogen and oxygen atoms in total. The SMILES string of the molecule is CN(C(=O)c1ccc(Br)cc1)C(C(=O)O)c1ccccc1. The summed E-state index contributed by atoms with van der Waals surface area (Å²) in [5, 5.41) is 9.44. The van der Waals surface area contributed by atoms with Crippen molar-refractivity contribution in [3.05, 3.63) is 70.2 Å². The first-order valence-corrected chi connectivity index (χ1v) is 7.10. The Morgan fingerprint density at radius 2 is 1.62 bits per heavy atom. The van der Waals surface area contributed by atoms with Crippen LogP contribution < -0.4 is 0 Å². The van der Waals surface area contributed by atoms with Crippen LogP contribution in [0.15, 0.2) is 59.1 Å². The summed E-state index contributed by atoms with van der Waals surface area (Å²) in [7, 11) is 1.50. The molecule has 0 radical (unpaired) electrons. The van der Waals surface area contributed by atoms with E-state index in [9.17, 15) is 14.7 Å². The summed E-state index contributed by atoms with van der Waals surface area (Å²) in [5.41, 5.74) is 1.01. The van der Waals surface area contributed by atoms with E-state index in [1.54, 1.807) is 54.6 Å². The third-order valence-electron chi connectivity index (χ3n) is 3.15. The minimum absolute atomic E-state index is 0.334. The molecule has 21 heavy (non-hydrogen) atoms.